The van der Waals surface area contributed by atoms with Gasteiger partial charge in [0.2, 0.25) is 0 Å². The van der Waals surface area contributed by atoms with Crippen molar-refractivity contribution in [1.82, 2.24) is 4.98 Å². The number of hydrogen-bond acceptors (Lipinski definition) is 7. The van der Waals surface area contributed by atoms with E-state index < -0.39 is 34.2 Å². The monoisotopic (exact) mass is 574 g/mol. The summed E-state index contributed by atoms with van der Waals surface area (Å²) in [5.74, 6) is -1.23. The molecule has 0 radical (unpaired) electrons. The van der Waals surface area contributed by atoms with Crippen LogP contribution in [-0.4, -0.2) is 37.4 Å². The lowest BCUT2D eigenvalue weighted by Crippen LogP contribution is -2.28. The van der Waals surface area contributed by atoms with E-state index >= 15 is 0 Å². The van der Waals surface area contributed by atoms with E-state index in [2.05, 4.69) is 9.72 Å². The summed E-state index contributed by atoms with van der Waals surface area (Å²) in [5, 5.41) is 11.7. The van der Waals surface area contributed by atoms with Gasteiger partial charge in [0.05, 0.1) is 34.6 Å². The van der Waals surface area contributed by atoms with Gasteiger partial charge in [-0.2, -0.15) is 0 Å². The molecule has 0 saturated heterocycles. The zero-order chi connectivity index (χ0) is 29.2. The number of hydrogen-bond donors (Lipinski definition) is 1. The van der Waals surface area contributed by atoms with Crippen LogP contribution in [0.25, 0.3) is 10.8 Å². The molecule has 4 aromatic rings. The predicted molar refractivity (Wildman–Crippen MR) is 142 cm³/mol. The highest BCUT2D eigenvalue weighted by atomic mass is 32.2. The van der Waals surface area contributed by atoms with Crippen LogP contribution in [0.4, 0.5) is 24.7 Å². The number of alkyl halides is 3. The van der Waals surface area contributed by atoms with Crippen molar-refractivity contribution in [2.75, 3.05) is 10.9 Å². The van der Waals surface area contributed by atoms with Crippen LogP contribution >= 0.6 is 0 Å². The Balaban J connectivity index is 1.93. The first-order chi connectivity index (χ1) is 18.8. The molecule has 0 spiro atoms. The number of pyridine rings is 1. The third kappa shape index (κ3) is 5.87. The average molecular weight is 575 g/mol. The number of nitrogens with zero attached hydrogens (tertiary/aromatic N) is 2. The summed E-state index contributed by atoms with van der Waals surface area (Å²) in [6.07, 6.45) is -6.00. The summed E-state index contributed by atoms with van der Waals surface area (Å²) in [6.45, 7) is 4.92. The van der Waals surface area contributed by atoms with Gasteiger partial charge in [0.15, 0.2) is 5.82 Å². The molecule has 0 bridgehead atoms. The Kier molecular flexibility index (Phi) is 8.03. The van der Waals surface area contributed by atoms with Crippen LogP contribution in [0.1, 0.15) is 41.6 Å². The molecular formula is C28H25F3N2O6S. The van der Waals surface area contributed by atoms with Crippen LogP contribution < -0.4 is 9.04 Å². The number of aromatic nitrogens is 1. The second kappa shape index (κ2) is 11.1. The molecule has 0 saturated carbocycles. The summed E-state index contributed by atoms with van der Waals surface area (Å²) in [7, 11) is -4.47. The molecule has 0 aliphatic rings. The minimum absolute atomic E-state index is 0.0357. The van der Waals surface area contributed by atoms with E-state index in [-0.39, 0.29) is 34.3 Å². The molecule has 1 aromatic heterocycles. The fraction of sp³-hybridized carbons (Fsp3) is 0.214. The second-order valence-corrected chi connectivity index (χ2v) is 10.5. The third-order valence-electron chi connectivity index (χ3n) is 5.97. The average Bonchev–Trinajstić information content (AvgIpc) is 2.90. The number of halogens is 3. The smallest absolute Gasteiger partial charge is 0.462 e. The maximum Gasteiger partial charge on any atom is 0.573 e. The number of anilines is 2. The normalized spacial score (nSPS) is 12.7. The Hall–Kier alpha value is -4.16. The van der Waals surface area contributed by atoms with Gasteiger partial charge >= 0.3 is 12.3 Å². The SMILES string of the molecule is CCOC(=O)c1ccc(S(=O)(=O)N(c2ccc(OC(F)(F)F)cc2)c2nc(C(C)O)c3ccccc3c2C)cc1. The highest BCUT2D eigenvalue weighted by Gasteiger charge is 2.33. The molecule has 8 nitrogen and oxygen atoms in total. The molecule has 4 rings (SSSR count). The largest absolute Gasteiger partial charge is 0.573 e. The number of aliphatic hydroxyl groups excluding tert-OH is 1. The maximum atomic E-state index is 14.1. The zero-order valence-corrected chi connectivity index (χ0v) is 22.5. The minimum atomic E-state index is -4.93. The summed E-state index contributed by atoms with van der Waals surface area (Å²) in [5.41, 5.74) is 0.761. The molecule has 210 valence electrons. The lowest BCUT2D eigenvalue weighted by Gasteiger charge is -2.27. The summed E-state index contributed by atoms with van der Waals surface area (Å²) in [4.78, 5) is 16.4. The van der Waals surface area contributed by atoms with Gasteiger partial charge in [-0.05, 0) is 74.7 Å². The number of sulfonamides is 1. The molecule has 40 heavy (non-hydrogen) atoms. The van der Waals surface area contributed by atoms with Gasteiger partial charge in [0.1, 0.15) is 5.75 Å². The van der Waals surface area contributed by atoms with Crippen molar-refractivity contribution in [2.45, 2.75) is 38.1 Å². The highest BCUT2D eigenvalue weighted by Crippen LogP contribution is 2.39. The third-order valence-corrected chi connectivity index (χ3v) is 7.70. The van der Waals surface area contributed by atoms with Crippen molar-refractivity contribution in [3.05, 3.63) is 89.6 Å². The van der Waals surface area contributed by atoms with Crippen LogP contribution in [0.15, 0.2) is 77.7 Å². The maximum absolute atomic E-state index is 14.1. The highest BCUT2D eigenvalue weighted by molar-refractivity contribution is 7.93. The van der Waals surface area contributed by atoms with Crippen molar-refractivity contribution in [1.29, 1.82) is 0 Å². The summed E-state index contributed by atoms with van der Waals surface area (Å²) >= 11 is 0. The van der Waals surface area contributed by atoms with Crippen LogP contribution in [0, 0.1) is 6.92 Å². The first-order valence-corrected chi connectivity index (χ1v) is 13.5. The fourth-order valence-electron chi connectivity index (χ4n) is 4.17. The number of esters is 1. The molecule has 0 aliphatic heterocycles. The Morgan fingerprint density at radius 2 is 1.60 bits per heavy atom. The summed E-state index contributed by atoms with van der Waals surface area (Å²) < 4.78 is 76.2. The van der Waals surface area contributed by atoms with Gasteiger partial charge in [-0.15, -0.1) is 13.2 Å². The van der Waals surface area contributed by atoms with Crippen molar-refractivity contribution < 1.29 is 41.0 Å². The van der Waals surface area contributed by atoms with Gasteiger partial charge in [-0.1, -0.05) is 24.3 Å². The van der Waals surface area contributed by atoms with Gasteiger partial charge in [-0.25, -0.2) is 22.5 Å². The molecule has 1 heterocycles. The zero-order valence-electron chi connectivity index (χ0n) is 21.6. The summed E-state index contributed by atoms with van der Waals surface area (Å²) in [6, 6.07) is 16.3. The molecule has 1 unspecified atom stereocenters. The number of aliphatic hydroxyl groups is 1. The number of aryl methyl sites for hydroxylation is 1. The van der Waals surface area contributed by atoms with Crippen LogP contribution in [0.3, 0.4) is 0 Å². The van der Waals surface area contributed by atoms with E-state index in [9.17, 15) is 31.5 Å². The predicted octanol–water partition coefficient (Wildman–Crippen LogP) is 6.20. The van der Waals surface area contributed by atoms with E-state index in [0.717, 1.165) is 28.6 Å². The van der Waals surface area contributed by atoms with E-state index in [1.165, 1.54) is 31.2 Å². The number of carbonyl (C=O) groups is 1. The molecule has 0 amide bonds. The molecule has 12 heteroatoms. The first kappa shape index (κ1) is 28.8. The van der Waals surface area contributed by atoms with Crippen LogP contribution in [0.5, 0.6) is 5.75 Å². The van der Waals surface area contributed by atoms with Gasteiger partial charge in [0.25, 0.3) is 10.0 Å². The minimum Gasteiger partial charge on any atom is -0.462 e. The van der Waals surface area contributed by atoms with Crippen molar-refractivity contribution >= 4 is 38.3 Å². The molecule has 0 fully saturated rings. The van der Waals surface area contributed by atoms with E-state index in [0.29, 0.717) is 16.3 Å². The Labute approximate surface area is 228 Å². The lowest BCUT2D eigenvalue weighted by molar-refractivity contribution is -0.274. The Morgan fingerprint density at radius 1 is 1.00 bits per heavy atom. The Bertz CT molecular complexity index is 1640. The molecule has 1 N–H and O–H groups in total. The quantitative estimate of drug-likeness (QED) is 0.250. The van der Waals surface area contributed by atoms with Crippen molar-refractivity contribution in [3.63, 3.8) is 0 Å². The van der Waals surface area contributed by atoms with Crippen LogP contribution in [0.2, 0.25) is 0 Å². The number of carbonyl (C=O) groups excluding carboxylic acids is 1. The fourth-order valence-corrected chi connectivity index (χ4v) is 5.66. The van der Waals surface area contributed by atoms with Crippen molar-refractivity contribution in [2.24, 2.45) is 0 Å². The van der Waals surface area contributed by atoms with E-state index in [1.54, 1.807) is 38.1 Å². The lowest BCUT2D eigenvalue weighted by atomic mass is 10.0. The number of rotatable bonds is 8. The second-order valence-electron chi connectivity index (χ2n) is 8.72. The first-order valence-electron chi connectivity index (χ1n) is 12.1. The molecular weight excluding hydrogens is 549 g/mol. The van der Waals surface area contributed by atoms with Crippen LogP contribution in [-0.2, 0) is 14.8 Å². The standard InChI is InChI=1S/C28H25F3N2O6S/c1-4-38-27(35)19-9-15-22(16-10-19)40(36,37)33(20-11-13-21(14-12-20)39-28(29,30)31)26-17(2)23-7-5-6-8-24(23)25(32-26)18(3)34/h5-16,18,34H,4H2,1-3H3. The Morgan fingerprint density at radius 3 is 2.15 bits per heavy atom. The number of benzene rings is 3. The number of ether oxygens (including phenoxy) is 2. The molecule has 1 atom stereocenters. The van der Waals surface area contributed by atoms with E-state index in [4.69, 9.17) is 4.74 Å². The van der Waals surface area contributed by atoms with Gasteiger partial charge in [0, 0.05) is 10.9 Å². The number of fused-ring (bicyclic) bond motifs is 1. The van der Waals surface area contributed by atoms with Crippen molar-refractivity contribution in [3.8, 4) is 5.75 Å². The topological polar surface area (TPSA) is 106 Å². The molecule has 0 aliphatic carbocycles. The van der Waals surface area contributed by atoms with Gasteiger partial charge < -0.3 is 14.6 Å². The van der Waals surface area contributed by atoms with Gasteiger partial charge in [-0.3, -0.25) is 0 Å². The molecule has 3 aromatic carbocycles. The van der Waals surface area contributed by atoms with E-state index in [1.807, 2.05) is 0 Å².